The Kier molecular flexibility index (Phi) is 9.22. The molecule has 8 nitrogen and oxygen atoms in total. The molecule has 8 heteroatoms. The Morgan fingerprint density at radius 2 is 0.968 bits per heavy atom. The molecule has 0 aromatic heterocycles. The van der Waals surface area contributed by atoms with Crippen LogP contribution < -0.4 is 10.6 Å². The summed E-state index contributed by atoms with van der Waals surface area (Å²) in [6, 6.07) is 14.9. The molecule has 0 unspecified atom stereocenters. The minimum atomic E-state index is -0.419. The SMILES string of the molecule is COC(=O)CCC(=O)Nc1ccc(Cc2ccc(NC(=O)CCC(=O)OC)cc2)cc1. The highest BCUT2D eigenvalue weighted by atomic mass is 16.5. The highest BCUT2D eigenvalue weighted by molar-refractivity contribution is 5.93. The lowest BCUT2D eigenvalue weighted by Crippen LogP contribution is -2.14. The predicted octanol–water partition coefficient (Wildman–Crippen LogP) is 3.06. The number of esters is 2. The third-order valence-electron chi connectivity index (χ3n) is 4.45. The summed E-state index contributed by atoms with van der Waals surface area (Å²) in [7, 11) is 2.58. The Bertz CT molecular complexity index is 831. The molecule has 0 atom stereocenters. The summed E-state index contributed by atoms with van der Waals surface area (Å²) < 4.78 is 9.03. The van der Waals surface area contributed by atoms with E-state index in [1.54, 1.807) is 24.3 Å². The van der Waals surface area contributed by atoms with Gasteiger partial charge in [-0.15, -0.1) is 0 Å². The summed E-state index contributed by atoms with van der Waals surface area (Å²) in [6.07, 6.45) is 0.914. The Labute approximate surface area is 180 Å². The second-order valence-corrected chi connectivity index (χ2v) is 6.82. The smallest absolute Gasteiger partial charge is 0.306 e. The zero-order chi connectivity index (χ0) is 22.6. The first-order valence-electron chi connectivity index (χ1n) is 9.81. The fourth-order valence-corrected chi connectivity index (χ4v) is 2.73. The van der Waals surface area contributed by atoms with Crippen LogP contribution in [0.3, 0.4) is 0 Å². The number of carbonyl (C=O) groups is 4. The van der Waals surface area contributed by atoms with E-state index < -0.39 is 11.9 Å². The molecule has 2 N–H and O–H groups in total. The molecule has 31 heavy (non-hydrogen) atoms. The largest absolute Gasteiger partial charge is 0.469 e. The summed E-state index contributed by atoms with van der Waals surface area (Å²) in [6.45, 7) is 0. The molecule has 0 saturated heterocycles. The van der Waals surface area contributed by atoms with Crippen LogP contribution in [0, 0.1) is 0 Å². The minimum absolute atomic E-state index is 0.0438. The molecule has 0 bridgehead atoms. The molecule has 2 aromatic rings. The van der Waals surface area contributed by atoms with Crippen LogP contribution in [0.1, 0.15) is 36.8 Å². The summed E-state index contributed by atoms with van der Waals surface area (Å²) in [5.74, 6) is -1.33. The van der Waals surface area contributed by atoms with Crippen molar-refractivity contribution in [2.45, 2.75) is 32.1 Å². The fraction of sp³-hybridized carbons (Fsp3) is 0.304. The summed E-state index contributed by atoms with van der Waals surface area (Å²) >= 11 is 0. The van der Waals surface area contributed by atoms with Crippen molar-refractivity contribution in [1.82, 2.24) is 0 Å². The Balaban J connectivity index is 1.82. The fourth-order valence-electron chi connectivity index (χ4n) is 2.73. The van der Waals surface area contributed by atoms with E-state index in [9.17, 15) is 19.2 Å². The van der Waals surface area contributed by atoms with Crippen molar-refractivity contribution >= 4 is 35.1 Å². The van der Waals surface area contributed by atoms with E-state index in [4.69, 9.17) is 0 Å². The molecule has 0 heterocycles. The lowest BCUT2D eigenvalue weighted by atomic mass is 10.0. The third-order valence-corrected chi connectivity index (χ3v) is 4.45. The van der Waals surface area contributed by atoms with Crippen molar-refractivity contribution in [1.29, 1.82) is 0 Å². The van der Waals surface area contributed by atoms with E-state index in [0.717, 1.165) is 11.1 Å². The van der Waals surface area contributed by atoms with Gasteiger partial charge in [-0.2, -0.15) is 0 Å². The van der Waals surface area contributed by atoms with E-state index in [-0.39, 0.29) is 37.5 Å². The molecule has 164 valence electrons. The van der Waals surface area contributed by atoms with Crippen molar-refractivity contribution in [2.75, 3.05) is 24.9 Å². The molecular weight excluding hydrogens is 400 g/mol. The molecule has 0 aliphatic rings. The van der Waals surface area contributed by atoms with Crippen LogP contribution >= 0.6 is 0 Å². The normalized spacial score (nSPS) is 10.1. The maximum atomic E-state index is 11.8. The maximum Gasteiger partial charge on any atom is 0.306 e. The first-order chi connectivity index (χ1) is 14.9. The van der Waals surface area contributed by atoms with E-state index >= 15 is 0 Å². The van der Waals surface area contributed by atoms with E-state index in [1.807, 2.05) is 24.3 Å². The molecule has 0 radical (unpaired) electrons. The van der Waals surface area contributed by atoms with Gasteiger partial charge in [0.2, 0.25) is 11.8 Å². The lowest BCUT2D eigenvalue weighted by Gasteiger charge is -2.08. The van der Waals surface area contributed by atoms with Gasteiger partial charge in [0, 0.05) is 24.2 Å². The van der Waals surface area contributed by atoms with Crippen molar-refractivity contribution in [2.24, 2.45) is 0 Å². The minimum Gasteiger partial charge on any atom is -0.469 e. The van der Waals surface area contributed by atoms with Gasteiger partial charge in [0.1, 0.15) is 0 Å². The molecule has 2 amide bonds. The average Bonchev–Trinajstić information content (AvgIpc) is 2.78. The highest BCUT2D eigenvalue weighted by Crippen LogP contribution is 2.16. The van der Waals surface area contributed by atoms with E-state index in [1.165, 1.54) is 14.2 Å². The molecular formula is C23H26N2O6. The standard InChI is InChI=1S/C23H26N2O6/c1-30-22(28)13-11-20(26)24-18-7-3-16(4-8-18)15-17-5-9-19(10-6-17)25-21(27)12-14-23(29)31-2/h3-10H,11-15H2,1-2H3,(H,24,26)(H,25,27). The maximum absolute atomic E-state index is 11.8. The predicted molar refractivity (Wildman–Crippen MR) is 115 cm³/mol. The van der Waals surface area contributed by atoms with Crippen molar-refractivity contribution < 1.29 is 28.7 Å². The summed E-state index contributed by atoms with van der Waals surface area (Å²) in [5, 5.41) is 5.49. The molecule has 0 aliphatic carbocycles. The van der Waals surface area contributed by atoms with Crippen LogP contribution in [0.25, 0.3) is 0 Å². The van der Waals surface area contributed by atoms with E-state index in [2.05, 4.69) is 20.1 Å². The third kappa shape index (κ3) is 8.69. The topological polar surface area (TPSA) is 111 Å². The van der Waals surface area contributed by atoms with Gasteiger partial charge in [0.15, 0.2) is 0 Å². The zero-order valence-corrected chi connectivity index (χ0v) is 17.6. The zero-order valence-electron chi connectivity index (χ0n) is 17.6. The average molecular weight is 426 g/mol. The second kappa shape index (κ2) is 12.1. The molecule has 0 aliphatic heterocycles. The van der Waals surface area contributed by atoms with Gasteiger partial charge >= 0.3 is 11.9 Å². The molecule has 2 rings (SSSR count). The first-order valence-corrected chi connectivity index (χ1v) is 9.81. The van der Waals surface area contributed by atoms with Crippen LogP contribution in [-0.2, 0) is 35.1 Å². The van der Waals surface area contributed by atoms with Gasteiger partial charge in [-0.3, -0.25) is 19.2 Å². The number of nitrogens with one attached hydrogen (secondary N) is 2. The number of hydrogen-bond acceptors (Lipinski definition) is 6. The van der Waals surface area contributed by atoms with Gasteiger partial charge < -0.3 is 20.1 Å². The first kappa shape index (κ1) is 23.6. The highest BCUT2D eigenvalue weighted by Gasteiger charge is 2.08. The number of carbonyl (C=O) groups excluding carboxylic acids is 4. The van der Waals surface area contributed by atoms with Gasteiger partial charge in [-0.25, -0.2) is 0 Å². The van der Waals surface area contributed by atoms with E-state index in [0.29, 0.717) is 17.8 Å². The summed E-state index contributed by atoms with van der Waals surface area (Å²) in [4.78, 5) is 45.8. The van der Waals surface area contributed by atoms with Crippen LogP contribution in [-0.4, -0.2) is 38.0 Å². The summed E-state index contributed by atoms with van der Waals surface area (Å²) in [5.41, 5.74) is 3.43. The Morgan fingerprint density at radius 1 is 0.613 bits per heavy atom. The number of hydrogen-bond donors (Lipinski definition) is 2. The van der Waals surface area contributed by atoms with Crippen LogP contribution in [0.2, 0.25) is 0 Å². The van der Waals surface area contributed by atoms with Gasteiger partial charge in [-0.05, 0) is 41.8 Å². The van der Waals surface area contributed by atoms with Gasteiger partial charge in [0.25, 0.3) is 0 Å². The van der Waals surface area contributed by atoms with Crippen LogP contribution in [0.5, 0.6) is 0 Å². The number of methoxy groups -OCH3 is 2. The number of rotatable bonds is 10. The number of ether oxygens (including phenoxy) is 2. The van der Waals surface area contributed by atoms with Crippen molar-refractivity contribution in [3.05, 3.63) is 59.7 Å². The number of anilines is 2. The lowest BCUT2D eigenvalue weighted by molar-refractivity contribution is -0.142. The van der Waals surface area contributed by atoms with Gasteiger partial charge in [-0.1, -0.05) is 24.3 Å². The number of benzene rings is 2. The van der Waals surface area contributed by atoms with Gasteiger partial charge in [0.05, 0.1) is 27.1 Å². The molecule has 2 aromatic carbocycles. The second-order valence-electron chi connectivity index (χ2n) is 6.82. The Morgan fingerprint density at radius 3 is 1.29 bits per heavy atom. The Hall–Kier alpha value is -3.68. The molecule has 0 fully saturated rings. The monoisotopic (exact) mass is 426 g/mol. The van der Waals surface area contributed by atoms with Crippen molar-refractivity contribution in [3.63, 3.8) is 0 Å². The molecule has 0 spiro atoms. The quantitative estimate of drug-likeness (QED) is 0.565. The van der Waals surface area contributed by atoms with Crippen molar-refractivity contribution in [3.8, 4) is 0 Å². The van der Waals surface area contributed by atoms with Crippen LogP contribution in [0.4, 0.5) is 11.4 Å². The van der Waals surface area contributed by atoms with Crippen LogP contribution in [0.15, 0.2) is 48.5 Å². The molecule has 0 saturated carbocycles. The number of amides is 2.